The maximum Gasteiger partial charge on any atom is 0.348 e. The molecule has 68 valence electrons. The zero-order chi connectivity index (χ0) is 9.42. The van der Waals surface area contributed by atoms with Crippen molar-refractivity contribution in [2.75, 3.05) is 7.11 Å². The summed E-state index contributed by atoms with van der Waals surface area (Å²) in [6.07, 6.45) is 0. The smallest absolute Gasteiger partial charge is 0.348 e. The summed E-state index contributed by atoms with van der Waals surface area (Å²) >= 11 is 3.21. The highest BCUT2D eigenvalue weighted by Gasteiger charge is 2.11. The van der Waals surface area contributed by atoms with Gasteiger partial charge in [0.1, 0.15) is 4.88 Å². The molecule has 2 heterocycles. The standard InChI is InChI=1S/C9H8O2S2/c1-5-3-6-4-7(8(10)11-2)13-9(6)12-5/h3-4H,1-2H3. The maximum absolute atomic E-state index is 11.2. The van der Waals surface area contributed by atoms with Crippen LogP contribution in [0.5, 0.6) is 0 Å². The molecule has 0 amide bonds. The SMILES string of the molecule is COC(=O)c1cc2cc(C)sc2s1. The third kappa shape index (κ3) is 1.47. The van der Waals surface area contributed by atoms with E-state index in [-0.39, 0.29) is 5.97 Å². The Morgan fingerprint density at radius 2 is 2.15 bits per heavy atom. The van der Waals surface area contributed by atoms with Crippen LogP contribution in [0, 0.1) is 6.92 Å². The zero-order valence-electron chi connectivity index (χ0n) is 7.29. The molecule has 0 radical (unpaired) electrons. The van der Waals surface area contributed by atoms with Crippen LogP contribution in [-0.4, -0.2) is 13.1 Å². The molecule has 0 aromatic carbocycles. The van der Waals surface area contributed by atoms with Crippen molar-refractivity contribution in [3.05, 3.63) is 21.9 Å². The third-order valence-corrected chi connectivity index (χ3v) is 4.01. The zero-order valence-corrected chi connectivity index (χ0v) is 8.92. The Morgan fingerprint density at radius 3 is 2.77 bits per heavy atom. The lowest BCUT2D eigenvalue weighted by molar-refractivity contribution is 0.0606. The van der Waals surface area contributed by atoms with Gasteiger partial charge in [-0.05, 0) is 19.1 Å². The van der Waals surface area contributed by atoms with Gasteiger partial charge in [-0.1, -0.05) is 0 Å². The second-order valence-corrected chi connectivity index (χ2v) is 5.27. The van der Waals surface area contributed by atoms with E-state index in [1.165, 1.54) is 27.3 Å². The van der Waals surface area contributed by atoms with Crippen LogP contribution < -0.4 is 0 Å². The van der Waals surface area contributed by atoms with Gasteiger partial charge in [0.05, 0.1) is 11.1 Å². The van der Waals surface area contributed by atoms with Crippen molar-refractivity contribution in [1.29, 1.82) is 0 Å². The van der Waals surface area contributed by atoms with Gasteiger partial charge in [-0.2, -0.15) is 0 Å². The first-order chi connectivity index (χ1) is 6.20. The lowest BCUT2D eigenvalue weighted by Crippen LogP contribution is -1.96. The van der Waals surface area contributed by atoms with Crippen LogP contribution in [0.15, 0.2) is 12.1 Å². The fourth-order valence-electron chi connectivity index (χ4n) is 1.16. The first-order valence-electron chi connectivity index (χ1n) is 3.79. The summed E-state index contributed by atoms with van der Waals surface area (Å²) in [7, 11) is 1.40. The molecule has 0 bridgehead atoms. The highest BCUT2D eigenvalue weighted by molar-refractivity contribution is 7.39. The number of aryl methyl sites for hydroxylation is 1. The Hall–Kier alpha value is -0.870. The van der Waals surface area contributed by atoms with Gasteiger partial charge in [-0.25, -0.2) is 4.79 Å². The topological polar surface area (TPSA) is 26.3 Å². The second kappa shape index (κ2) is 3.12. The van der Waals surface area contributed by atoms with E-state index in [2.05, 4.69) is 17.7 Å². The highest BCUT2D eigenvalue weighted by atomic mass is 32.2. The van der Waals surface area contributed by atoms with Crippen molar-refractivity contribution in [1.82, 2.24) is 0 Å². The van der Waals surface area contributed by atoms with E-state index in [0.717, 1.165) is 5.39 Å². The van der Waals surface area contributed by atoms with Crippen molar-refractivity contribution in [3.8, 4) is 0 Å². The molecule has 0 saturated carbocycles. The fourth-order valence-corrected chi connectivity index (χ4v) is 3.50. The van der Waals surface area contributed by atoms with Gasteiger partial charge in [0.2, 0.25) is 0 Å². The van der Waals surface area contributed by atoms with E-state index in [1.54, 1.807) is 11.3 Å². The molecule has 2 aromatic rings. The molecule has 0 aliphatic heterocycles. The van der Waals surface area contributed by atoms with Gasteiger partial charge in [0, 0.05) is 10.3 Å². The Kier molecular flexibility index (Phi) is 2.09. The first-order valence-corrected chi connectivity index (χ1v) is 5.42. The molecular formula is C9H8O2S2. The van der Waals surface area contributed by atoms with E-state index in [4.69, 9.17) is 0 Å². The Labute approximate surface area is 83.8 Å². The van der Waals surface area contributed by atoms with Gasteiger partial charge in [-0.15, -0.1) is 22.7 Å². The molecule has 13 heavy (non-hydrogen) atoms. The summed E-state index contributed by atoms with van der Waals surface area (Å²) in [4.78, 5) is 13.1. The monoisotopic (exact) mass is 212 g/mol. The largest absolute Gasteiger partial charge is 0.465 e. The first kappa shape index (κ1) is 8.72. The molecule has 0 unspecified atom stereocenters. The van der Waals surface area contributed by atoms with Gasteiger partial charge in [0.25, 0.3) is 0 Å². The number of hydrogen-bond donors (Lipinski definition) is 0. The van der Waals surface area contributed by atoms with Gasteiger partial charge in [-0.3, -0.25) is 0 Å². The average Bonchev–Trinajstić information content (AvgIpc) is 2.59. The minimum Gasteiger partial charge on any atom is -0.465 e. The summed E-state index contributed by atoms with van der Waals surface area (Å²) in [5.74, 6) is -0.244. The number of rotatable bonds is 1. The minimum absolute atomic E-state index is 0.244. The number of ether oxygens (including phenoxy) is 1. The summed E-state index contributed by atoms with van der Waals surface area (Å²) in [6.45, 7) is 2.06. The minimum atomic E-state index is -0.244. The van der Waals surface area contributed by atoms with Crippen molar-refractivity contribution in [3.63, 3.8) is 0 Å². The maximum atomic E-state index is 11.2. The van der Waals surface area contributed by atoms with Crippen LogP contribution >= 0.6 is 22.7 Å². The number of methoxy groups -OCH3 is 1. The molecule has 0 aliphatic rings. The van der Waals surface area contributed by atoms with Crippen LogP contribution in [0.3, 0.4) is 0 Å². The molecule has 4 heteroatoms. The van der Waals surface area contributed by atoms with Crippen molar-refractivity contribution >= 4 is 38.0 Å². The van der Waals surface area contributed by atoms with E-state index in [9.17, 15) is 4.79 Å². The third-order valence-electron chi connectivity index (χ3n) is 1.72. The molecule has 0 saturated heterocycles. The Balaban J connectivity index is 2.51. The van der Waals surface area contributed by atoms with E-state index >= 15 is 0 Å². The summed E-state index contributed by atoms with van der Waals surface area (Å²) in [5.41, 5.74) is 0. The predicted molar refractivity (Wildman–Crippen MR) is 55.8 cm³/mol. The molecule has 2 nitrogen and oxygen atoms in total. The summed E-state index contributed by atoms with van der Waals surface area (Å²) in [6, 6.07) is 3.97. The van der Waals surface area contributed by atoms with Crippen LogP contribution in [0.25, 0.3) is 9.40 Å². The lowest BCUT2D eigenvalue weighted by atomic mass is 10.3. The molecule has 0 N–H and O–H groups in total. The number of hydrogen-bond acceptors (Lipinski definition) is 4. The number of esters is 1. The van der Waals surface area contributed by atoms with Crippen molar-refractivity contribution in [2.45, 2.75) is 6.92 Å². The molecular weight excluding hydrogens is 204 g/mol. The Morgan fingerprint density at radius 1 is 1.38 bits per heavy atom. The fraction of sp³-hybridized carbons (Fsp3) is 0.222. The number of thiophene rings is 2. The normalized spacial score (nSPS) is 10.6. The molecule has 2 aromatic heterocycles. The highest BCUT2D eigenvalue weighted by Crippen LogP contribution is 2.33. The van der Waals surface area contributed by atoms with Crippen LogP contribution in [0.2, 0.25) is 0 Å². The Bertz CT molecular complexity index is 422. The van der Waals surface area contributed by atoms with Crippen LogP contribution in [0.4, 0.5) is 0 Å². The second-order valence-electron chi connectivity index (χ2n) is 2.70. The van der Waals surface area contributed by atoms with E-state index in [0.29, 0.717) is 4.88 Å². The predicted octanol–water partition coefficient (Wildman–Crippen LogP) is 3.06. The van der Waals surface area contributed by atoms with Gasteiger partial charge in [0.15, 0.2) is 0 Å². The van der Waals surface area contributed by atoms with Gasteiger partial charge < -0.3 is 4.74 Å². The van der Waals surface area contributed by atoms with E-state index < -0.39 is 0 Å². The van der Waals surface area contributed by atoms with Crippen molar-refractivity contribution in [2.24, 2.45) is 0 Å². The van der Waals surface area contributed by atoms with E-state index in [1.807, 2.05) is 6.07 Å². The number of carbonyl (C=O) groups is 1. The van der Waals surface area contributed by atoms with Gasteiger partial charge >= 0.3 is 5.97 Å². The molecule has 0 spiro atoms. The van der Waals surface area contributed by atoms with Crippen LogP contribution in [0.1, 0.15) is 14.5 Å². The number of fused-ring (bicyclic) bond motifs is 1. The van der Waals surface area contributed by atoms with Crippen LogP contribution in [-0.2, 0) is 4.74 Å². The lowest BCUT2D eigenvalue weighted by Gasteiger charge is -1.90. The molecule has 0 fully saturated rings. The number of carbonyl (C=O) groups excluding carboxylic acids is 1. The summed E-state index contributed by atoms with van der Waals surface area (Å²) in [5, 5.41) is 1.15. The molecule has 0 aliphatic carbocycles. The molecule has 2 rings (SSSR count). The molecule has 0 atom stereocenters. The average molecular weight is 212 g/mol. The van der Waals surface area contributed by atoms with Crippen molar-refractivity contribution < 1.29 is 9.53 Å². The summed E-state index contributed by atoms with van der Waals surface area (Å²) < 4.78 is 5.83. The quantitative estimate of drug-likeness (QED) is 0.679.